The molecule has 0 spiro atoms. The highest BCUT2D eigenvalue weighted by Gasteiger charge is 2.24. The summed E-state index contributed by atoms with van der Waals surface area (Å²) in [5, 5.41) is 3.25. The number of carbonyl (C=O) groups is 1. The summed E-state index contributed by atoms with van der Waals surface area (Å²) in [6.45, 7) is 5.56. The van der Waals surface area contributed by atoms with E-state index in [1.807, 2.05) is 60.4 Å². The van der Waals surface area contributed by atoms with Gasteiger partial charge in [-0.05, 0) is 42.0 Å². The number of para-hydroxylation sites is 1. The van der Waals surface area contributed by atoms with Crippen molar-refractivity contribution in [1.29, 1.82) is 0 Å². The van der Waals surface area contributed by atoms with Crippen LogP contribution >= 0.6 is 11.3 Å². The van der Waals surface area contributed by atoms with Gasteiger partial charge in [-0.1, -0.05) is 47.7 Å². The van der Waals surface area contributed by atoms with Gasteiger partial charge in [-0.3, -0.25) is 4.79 Å². The van der Waals surface area contributed by atoms with E-state index < -0.39 is 0 Å². The number of hydrogen-bond donors (Lipinski definition) is 0. The predicted octanol–water partition coefficient (Wildman–Crippen LogP) is 4.81. The zero-order chi connectivity index (χ0) is 20.5. The topological polar surface area (TPSA) is 45.7 Å². The molecule has 1 amide bonds. The number of nitrogens with zero attached hydrogens (tertiary/aromatic N) is 3. The Morgan fingerprint density at radius 1 is 1.00 bits per heavy atom. The van der Waals surface area contributed by atoms with Crippen molar-refractivity contribution in [3.8, 4) is 5.75 Å². The fraction of sp³-hybridized carbons (Fsp3) is 0.250. The first-order chi connectivity index (χ1) is 14.7. The van der Waals surface area contributed by atoms with Gasteiger partial charge in [0.15, 0.2) is 5.13 Å². The third-order valence-corrected chi connectivity index (χ3v) is 6.59. The van der Waals surface area contributed by atoms with Crippen molar-refractivity contribution in [2.75, 3.05) is 37.7 Å². The second-order valence-electron chi connectivity index (χ2n) is 7.37. The van der Waals surface area contributed by atoms with Crippen LogP contribution in [0.1, 0.15) is 17.3 Å². The first-order valence-corrected chi connectivity index (χ1v) is 11.1. The number of carbonyl (C=O) groups excluding carboxylic acids is 1. The van der Waals surface area contributed by atoms with Gasteiger partial charge >= 0.3 is 0 Å². The number of ether oxygens (including phenoxy) is 1. The number of amides is 1. The van der Waals surface area contributed by atoms with Crippen LogP contribution in [0.2, 0.25) is 0 Å². The lowest BCUT2D eigenvalue weighted by Crippen LogP contribution is -2.48. The van der Waals surface area contributed by atoms with Crippen LogP contribution in [0.4, 0.5) is 5.13 Å². The second-order valence-corrected chi connectivity index (χ2v) is 8.38. The molecule has 1 aliphatic heterocycles. The molecule has 1 aromatic heterocycles. The zero-order valence-corrected chi connectivity index (χ0v) is 17.7. The Morgan fingerprint density at radius 3 is 2.60 bits per heavy atom. The van der Waals surface area contributed by atoms with Crippen LogP contribution < -0.4 is 9.64 Å². The third kappa shape index (κ3) is 3.48. The van der Waals surface area contributed by atoms with E-state index in [0.717, 1.165) is 50.5 Å². The van der Waals surface area contributed by atoms with E-state index in [0.29, 0.717) is 19.7 Å². The summed E-state index contributed by atoms with van der Waals surface area (Å²) in [7, 11) is 0. The smallest absolute Gasteiger partial charge is 0.253 e. The SMILES string of the molecule is CCOc1cccc2sc(N3CCN(C(=O)c4ccc5ccccc5c4)CC3)nc12. The van der Waals surface area contributed by atoms with Crippen molar-refractivity contribution < 1.29 is 9.53 Å². The predicted molar refractivity (Wildman–Crippen MR) is 123 cm³/mol. The minimum absolute atomic E-state index is 0.100. The highest BCUT2D eigenvalue weighted by Crippen LogP contribution is 2.34. The quantitative estimate of drug-likeness (QED) is 0.478. The molecular formula is C24H23N3O2S. The monoisotopic (exact) mass is 417 g/mol. The molecule has 0 saturated carbocycles. The maximum atomic E-state index is 13.0. The summed E-state index contributed by atoms with van der Waals surface area (Å²) in [5.41, 5.74) is 1.68. The summed E-state index contributed by atoms with van der Waals surface area (Å²) >= 11 is 1.68. The molecule has 1 aliphatic rings. The van der Waals surface area contributed by atoms with Crippen molar-refractivity contribution in [2.24, 2.45) is 0 Å². The number of rotatable bonds is 4. The lowest BCUT2D eigenvalue weighted by Gasteiger charge is -2.34. The van der Waals surface area contributed by atoms with Crippen LogP contribution in [0.25, 0.3) is 21.0 Å². The molecule has 2 heterocycles. The van der Waals surface area contributed by atoms with Crippen molar-refractivity contribution in [3.63, 3.8) is 0 Å². The summed E-state index contributed by atoms with van der Waals surface area (Å²) < 4.78 is 6.85. The van der Waals surface area contributed by atoms with E-state index in [-0.39, 0.29) is 5.91 Å². The first kappa shape index (κ1) is 18.9. The van der Waals surface area contributed by atoms with E-state index in [9.17, 15) is 4.79 Å². The van der Waals surface area contributed by atoms with E-state index >= 15 is 0 Å². The molecule has 0 unspecified atom stereocenters. The number of fused-ring (bicyclic) bond motifs is 2. The second kappa shape index (κ2) is 7.95. The van der Waals surface area contributed by atoms with Crippen LogP contribution in [0, 0.1) is 0 Å². The molecule has 4 aromatic rings. The minimum atomic E-state index is 0.100. The van der Waals surface area contributed by atoms with Crippen molar-refractivity contribution in [1.82, 2.24) is 9.88 Å². The van der Waals surface area contributed by atoms with Gasteiger partial charge < -0.3 is 14.5 Å². The van der Waals surface area contributed by atoms with E-state index in [2.05, 4.69) is 17.0 Å². The highest BCUT2D eigenvalue weighted by molar-refractivity contribution is 7.22. The number of piperazine rings is 1. The van der Waals surface area contributed by atoms with Gasteiger partial charge in [0.25, 0.3) is 5.91 Å². The van der Waals surface area contributed by atoms with Gasteiger partial charge in [-0.15, -0.1) is 0 Å². The van der Waals surface area contributed by atoms with Gasteiger partial charge in [0.1, 0.15) is 11.3 Å². The molecule has 5 rings (SSSR count). The van der Waals surface area contributed by atoms with E-state index in [1.165, 1.54) is 0 Å². The van der Waals surface area contributed by atoms with E-state index in [1.54, 1.807) is 11.3 Å². The van der Waals surface area contributed by atoms with Crippen LogP contribution in [0.3, 0.4) is 0 Å². The largest absolute Gasteiger partial charge is 0.492 e. The Morgan fingerprint density at radius 2 is 1.80 bits per heavy atom. The highest BCUT2D eigenvalue weighted by atomic mass is 32.1. The molecule has 0 atom stereocenters. The molecule has 1 saturated heterocycles. The van der Waals surface area contributed by atoms with Crippen LogP contribution in [-0.4, -0.2) is 48.6 Å². The molecule has 0 bridgehead atoms. The first-order valence-electron chi connectivity index (χ1n) is 10.3. The Balaban J connectivity index is 1.30. The molecule has 0 aliphatic carbocycles. The summed E-state index contributed by atoms with van der Waals surface area (Å²) in [4.78, 5) is 22.1. The normalized spacial score (nSPS) is 14.4. The molecule has 0 radical (unpaired) electrons. The fourth-order valence-electron chi connectivity index (χ4n) is 3.92. The Labute approximate surface area is 179 Å². The van der Waals surface area contributed by atoms with Crippen LogP contribution in [0.15, 0.2) is 60.7 Å². The molecule has 3 aromatic carbocycles. The Kier molecular flexibility index (Phi) is 5.01. The molecule has 1 fully saturated rings. The van der Waals surface area contributed by atoms with Gasteiger partial charge in [0.05, 0.1) is 11.3 Å². The number of anilines is 1. The summed E-state index contributed by atoms with van der Waals surface area (Å²) in [6, 6.07) is 20.1. The lowest BCUT2D eigenvalue weighted by atomic mass is 10.1. The van der Waals surface area contributed by atoms with E-state index in [4.69, 9.17) is 9.72 Å². The van der Waals surface area contributed by atoms with Gasteiger partial charge in [-0.2, -0.15) is 0 Å². The number of thiazole rings is 1. The number of hydrogen-bond acceptors (Lipinski definition) is 5. The maximum Gasteiger partial charge on any atom is 0.253 e. The Bertz CT molecular complexity index is 1210. The summed E-state index contributed by atoms with van der Waals surface area (Å²) in [5.74, 6) is 0.936. The van der Waals surface area contributed by atoms with Gasteiger partial charge in [0, 0.05) is 31.7 Å². The maximum absolute atomic E-state index is 13.0. The van der Waals surface area contributed by atoms with Crippen molar-refractivity contribution >= 4 is 43.4 Å². The average Bonchev–Trinajstić information content (AvgIpc) is 3.24. The molecule has 0 N–H and O–H groups in total. The molecule has 30 heavy (non-hydrogen) atoms. The average molecular weight is 418 g/mol. The standard InChI is InChI=1S/C24H23N3O2S/c1-2-29-20-8-5-9-21-22(20)25-24(30-21)27-14-12-26(13-15-27)23(28)19-11-10-17-6-3-4-7-18(17)16-19/h3-11,16H,2,12-15H2,1H3. The zero-order valence-electron chi connectivity index (χ0n) is 16.9. The lowest BCUT2D eigenvalue weighted by molar-refractivity contribution is 0.0747. The molecule has 6 heteroatoms. The summed E-state index contributed by atoms with van der Waals surface area (Å²) in [6.07, 6.45) is 0. The number of aromatic nitrogens is 1. The van der Waals surface area contributed by atoms with Gasteiger partial charge in [0.2, 0.25) is 0 Å². The minimum Gasteiger partial charge on any atom is -0.492 e. The molecule has 5 nitrogen and oxygen atoms in total. The number of benzene rings is 3. The fourth-order valence-corrected chi connectivity index (χ4v) is 4.96. The Hall–Kier alpha value is -3.12. The van der Waals surface area contributed by atoms with Crippen molar-refractivity contribution in [2.45, 2.75) is 6.92 Å². The third-order valence-electron chi connectivity index (χ3n) is 5.50. The van der Waals surface area contributed by atoms with Gasteiger partial charge in [-0.25, -0.2) is 4.98 Å². The van der Waals surface area contributed by atoms with Crippen molar-refractivity contribution in [3.05, 3.63) is 66.2 Å². The molecule has 152 valence electrons. The van der Waals surface area contributed by atoms with Crippen LogP contribution in [0.5, 0.6) is 5.75 Å². The van der Waals surface area contributed by atoms with Crippen LogP contribution in [-0.2, 0) is 0 Å². The molecular weight excluding hydrogens is 394 g/mol.